The summed E-state index contributed by atoms with van der Waals surface area (Å²) in [5, 5.41) is 29.0. The minimum Gasteiger partial charge on any atom is -0.490 e. The maximum absolute atomic E-state index is 10.6. The molecule has 146 valence electrons. The van der Waals surface area contributed by atoms with Crippen molar-refractivity contribution in [3.05, 3.63) is 28.3 Å². The van der Waals surface area contributed by atoms with E-state index in [4.69, 9.17) is 21.4 Å². The van der Waals surface area contributed by atoms with Gasteiger partial charge in [0.15, 0.2) is 0 Å². The molecule has 0 aliphatic heterocycles. The topological polar surface area (TPSA) is 87.0 Å². The van der Waals surface area contributed by atoms with Crippen molar-refractivity contribution in [1.29, 1.82) is 0 Å². The third-order valence-electron chi connectivity index (χ3n) is 4.92. The molecule has 1 aromatic rings. The maximum atomic E-state index is 10.6. The second kappa shape index (κ2) is 10.1. The average molecular weight is 385 g/mol. The predicted molar refractivity (Wildman–Crippen MR) is 101 cm³/mol. The standard InChI is InChI=1S/C20H29ClO5/c1-13-7-16(21)9-15(8-14-5-3-2-4-6-14)20(13)26-12-18(23)10-17(22)11-19(24)25/h7,9,14,17-18,22-23H,2-6,8,10-12H2,1H3,(H,24,25)/t17-,18+/m1/s1. The first-order chi connectivity index (χ1) is 12.3. The number of aryl methyl sites for hydroxylation is 1. The second-order valence-corrected chi connectivity index (χ2v) is 7.81. The third kappa shape index (κ3) is 6.78. The Balaban J connectivity index is 1.99. The Hall–Kier alpha value is -1.30. The van der Waals surface area contributed by atoms with E-state index in [-0.39, 0.29) is 19.4 Å². The highest BCUT2D eigenvalue weighted by Crippen LogP contribution is 2.34. The van der Waals surface area contributed by atoms with E-state index in [1.807, 2.05) is 19.1 Å². The van der Waals surface area contributed by atoms with Crippen molar-refractivity contribution < 1.29 is 24.9 Å². The number of carboxylic acid groups (broad SMARTS) is 1. The Bertz CT molecular complexity index is 598. The summed E-state index contributed by atoms with van der Waals surface area (Å²) >= 11 is 6.23. The zero-order valence-corrected chi connectivity index (χ0v) is 16.0. The molecular weight excluding hydrogens is 356 g/mol. The van der Waals surface area contributed by atoms with Crippen LogP contribution in [0.5, 0.6) is 5.75 Å². The fourth-order valence-electron chi connectivity index (χ4n) is 3.71. The van der Waals surface area contributed by atoms with Crippen LogP contribution in [0.2, 0.25) is 5.02 Å². The number of hydrogen-bond acceptors (Lipinski definition) is 4. The Morgan fingerprint density at radius 3 is 2.58 bits per heavy atom. The normalized spacial score (nSPS) is 17.7. The molecular formula is C20H29ClO5. The monoisotopic (exact) mass is 384 g/mol. The zero-order chi connectivity index (χ0) is 19.1. The lowest BCUT2D eigenvalue weighted by atomic mass is 9.84. The van der Waals surface area contributed by atoms with Crippen molar-refractivity contribution in [3.63, 3.8) is 0 Å². The molecule has 3 N–H and O–H groups in total. The molecule has 0 unspecified atom stereocenters. The van der Waals surface area contributed by atoms with Crippen LogP contribution >= 0.6 is 11.6 Å². The van der Waals surface area contributed by atoms with Crippen LogP contribution in [0.1, 0.15) is 56.1 Å². The second-order valence-electron chi connectivity index (χ2n) is 7.37. The molecule has 2 rings (SSSR count). The van der Waals surface area contributed by atoms with Gasteiger partial charge in [0, 0.05) is 11.4 Å². The van der Waals surface area contributed by atoms with Gasteiger partial charge >= 0.3 is 5.97 Å². The largest absolute Gasteiger partial charge is 0.490 e. The summed E-state index contributed by atoms with van der Waals surface area (Å²) in [6, 6.07) is 3.77. The molecule has 1 saturated carbocycles. The predicted octanol–water partition coefficient (Wildman–Crippen LogP) is 3.74. The lowest BCUT2D eigenvalue weighted by molar-refractivity contribution is -0.139. The number of rotatable bonds is 9. The molecule has 5 nitrogen and oxygen atoms in total. The number of aliphatic hydroxyl groups is 2. The van der Waals surface area contributed by atoms with Crippen LogP contribution in [0.3, 0.4) is 0 Å². The Morgan fingerprint density at radius 2 is 1.92 bits per heavy atom. The SMILES string of the molecule is Cc1cc(Cl)cc(CC2CCCCC2)c1OC[C@@H](O)C[C@@H](O)CC(=O)O. The van der Waals surface area contributed by atoms with Crippen molar-refractivity contribution >= 4 is 17.6 Å². The summed E-state index contributed by atoms with van der Waals surface area (Å²) < 4.78 is 5.86. The van der Waals surface area contributed by atoms with E-state index in [9.17, 15) is 15.0 Å². The van der Waals surface area contributed by atoms with Crippen LogP contribution in [0.25, 0.3) is 0 Å². The molecule has 1 fully saturated rings. The molecule has 1 aromatic carbocycles. The minimum absolute atomic E-state index is 0.0107. The van der Waals surface area contributed by atoms with Gasteiger partial charge in [-0.25, -0.2) is 0 Å². The van der Waals surface area contributed by atoms with Gasteiger partial charge in [-0.15, -0.1) is 0 Å². The molecule has 2 atom stereocenters. The lowest BCUT2D eigenvalue weighted by Crippen LogP contribution is -2.26. The van der Waals surface area contributed by atoms with Gasteiger partial charge in [0.25, 0.3) is 0 Å². The van der Waals surface area contributed by atoms with Crippen LogP contribution in [-0.2, 0) is 11.2 Å². The van der Waals surface area contributed by atoms with Gasteiger partial charge in [0.2, 0.25) is 0 Å². The average Bonchev–Trinajstić information content (AvgIpc) is 2.54. The van der Waals surface area contributed by atoms with Gasteiger partial charge in [-0.3, -0.25) is 4.79 Å². The summed E-state index contributed by atoms with van der Waals surface area (Å²) in [6.07, 6.45) is 4.75. The van der Waals surface area contributed by atoms with Gasteiger partial charge < -0.3 is 20.1 Å². The van der Waals surface area contributed by atoms with Crippen LogP contribution in [0.15, 0.2) is 12.1 Å². The van der Waals surface area contributed by atoms with Crippen molar-refractivity contribution in [2.24, 2.45) is 5.92 Å². The molecule has 6 heteroatoms. The summed E-state index contributed by atoms with van der Waals surface area (Å²) in [5.74, 6) is 0.284. The molecule has 0 amide bonds. The number of carbonyl (C=O) groups is 1. The van der Waals surface area contributed by atoms with E-state index >= 15 is 0 Å². The smallest absolute Gasteiger partial charge is 0.305 e. The first-order valence-electron chi connectivity index (χ1n) is 9.35. The molecule has 0 saturated heterocycles. The van der Waals surface area contributed by atoms with Gasteiger partial charge in [-0.2, -0.15) is 0 Å². The van der Waals surface area contributed by atoms with Gasteiger partial charge in [-0.1, -0.05) is 43.7 Å². The lowest BCUT2D eigenvalue weighted by Gasteiger charge is -2.24. The fraction of sp³-hybridized carbons (Fsp3) is 0.650. The number of aliphatic carboxylic acids is 1. The van der Waals surface area contributed by atoms with E-state index in [1.54, 1.807) is 0 Å². The number of benzene rings is 1. The Morgan fingerprint density at radius 1 is 1.23 bits per heavy atom. The summed E-state index contributed by atoms with van der Waals surface area (Å²) in [6.45, 7) is 1.94. The van der Waals surface area contributed by atoms with E-state index in [2.05, 4.69) is 0 Å². The Labute approximate surface area is 159 Å². The number of ether oxygens (including phenoxy) is 1. The molecule has 0 bridgehead atoms. The quantitative estimate of drug-likeness (QED) is 0.603. The highest BCUT2D eigenvalue weighted by atomic mass is 35.5. The van der Waals surface area contributed by atoms with Crippen LogP contribution in [0, 0.1) is 12.8 Å². The molecule has 0 aromatic heterocycles. The van der Waals surface area contributed by atoms with Crippen molar-refractivity contribution in [1.82, 2.24) is 0 Å². The first kappa shape index (κ1) is 21.0. The molecule has 0 spiro atoms. The third-order valence-corrected chi connectivity index (χ3v) is 5.14. The maximum Gasteiger partial charge on any atom is 0.305 e. The number of aliphatic hydroxyl groups excluding tert-OH is 2. The molecule has 1 aliphatic carbocycles. The van der Waals surface area contributed by atoms with E-state index in [1.165, 1.54) is 32.1 Å². The fourth-order valence-corrected chi connectivity index (χ4v) is 4.00. The van der Waals surface area contributed by atoms with Crippen LogP contribution in [-0.4, -0.2) is 40.1 Å². The highest BCUT2D eigenvalue weighted by Gasteiger charge is 2.20. The molecule has 0 radical (unpaired) electrons. The number of hydrogen-bond donors (Lipinski definition) is 3. The summed E-state index contributed by atoms with van der Waals surface area (Å²) in [7, 11) is 0. The molecule has 0 heterocycles. The minimum atomic E-state index is -1.09. The summed E-state index contributed by atoms with van der Waals surface area (Å²) in [5.41, 5.74) is 1.97. The van der Waals surface area contributed by atoms with Crippen LogP contribution in [0.4, 0.5) is 0 Å². The van der Waals surface area contributed by atoms with Gasteiger partial charge in [0.05, 0.1) is 18.6 Å². The van der Waals surface area contributed by atoms with Gasteiger partial charge in [-0.05, 0) is 42.5 Å². The van der Waals surface area contributed by atoms with E-state index < -0.39 is 18.2 Å². The highest BCUT2D eigenvalue weighted by molar-refractivity contribution is 6.30. The van der Waals surface area contributed by atoms with Crippen molar-refractivity contribution in [3.8, 4) is 5.75 Å². The van der Waals surface area contributed by atoms with E-state index in [0.29, 0.717) is 10.9 Å². The molecule has 26 heavy (non-hydrogen) atoms. The van der Waals surface area contributed by atoms with Gasteiger partial charge in [0.1, 0.15) is 12.4 Å². The number of carboxylic acids is 1. The van der Waals surface area contributed by atoms with Crippen molar-refractivity contribution in [2.75, 3.05) is 6.61 Å². The van der Waals surface area contributed by atoms with Crippen LogP contribution < -0.4 is 4.74 Å². The van der Waals surface area contributed by atoms with Crippen molar-refractivity contribution in [2.45, 2.75) is 70.5 Å². The summed E-state index contributed by atoms with van der Waals surface area (Å²) in [4.78, 5) is 10.6. The van der Waals surface area contributed by atoms with E-state index in [0.717, 1.165) is 23.3 Å². The zero-order valence-electron chi connectivity index (χ0n) is 15.3. The number of halogens is 1. The Kier molecular flexibility index (Phi) is 8.19. The molecule has 1 aliphatic rings. The first-order valence-corrected chi connectivity index (χ1v) is 9.72.